The van der Waals surface area contributed by atoms with E-state index in [1.54, 1.807) is 12.4 Å². The van der Waals surface area contributed by atoms with Crippen LogP contribution in [0.5, 0.6) is 0 Å². The van der Waals surface area contributed by atoms with Crippen molar-refractivity contribution >= 4 is 32.8 Å². The van der Waals surface area contributed by atoms with Crippen molar-refractivity contribution in [1.82, 2.24) is 10.3 Å². The molecule has 0 fully saturated rings. The Hall–Kier alpha value is -2.14. The highest BCUT2D eigenvalue weighted by Gasteiger charge is 2.17. The number of furan rings is 1. The summed E-state index contributed by atoms with van der Waals surface area (Å²) >= 11 is 3.43. The van der Waals surface area contributed by atoms with E-state index in [1.165, 1.54) is 0 Å². The average Bonchev–Trinajstić information content (AvgIpc) is 2.83. The largest absolute Gasteiger partial charge is 0.451 e. The second-order valence-electron chi connectivity index (χ2n) is 4.74. The highest BCUT2D eigenvalue weighted by Crippen LogP contribution is 2.27. The van der Waals surface area contributed by atoms with Gasteiger partial charge in [0.05, 0.1) is 0 Å². The van der Waals surface area contributed by atoms with Gasteiger partial charge in [0.2, 0.25) is 0 Å². The van der Waals surface area contributed by atoms with Gasteiger partial charge in [-0.15, -0.1) is 0 Å². The summed E-state index contributed by atoms with van der Waals surface area (Å²) in [5.41, 5.74) is 2.50. The zero-order valence-corrected chi connectivity index (χ0v) is 13.0. The van der Waals surface area contributed by atoms with Crippen LogP contribution < -0.4 is 5.32 Å². The standard InChI is InChI=1S/C16H13BrN2O2/c1-10-13-7-12(17)4-5-14(13)21-15(10)16(20)19-9-11-3-2-6-18-8-11/h2-8H,9H2,1H3,(H,19,20). The monoisotopic (exact) mass is 344 g/mol. The fraction of sp³-hybridized carbons (Fsp3) is 0.125. The molecule has 0 atom stereocenters. The molecule has 0 saturated carbocycles. The molecule has 106 valence electrons. The second-order valence-corrected chi connectivity index (χ2v) is 5.66. The van der Waals surface area contributed by atoms with Crippen molar-refractivity contribution in [2.24, 2.45) is 0 Å². The number of hydrogen-bond donors (Lipinski definition) is 1. The first-order chi connectivity index (χ1) is 10.1. The van der Waals surface area contributed by atoms with Crippen LogP contribution in [-0.2, 0) is 6.54 Å². The first kappa shape index (κ1) is 13.8. The van der Waals surface area contributed by atoms with E-state index in [-0.39, 0.29) is 5.91 Å². The number of aryl methyl sites for hydroxylation is 1. The summed E-state index contributed by atoms with van der Waals surface area (Å²) in [6.45, 7) is 2.31. The van der Waals surface area contributed by atoms with Crippen LogP contribution in [-0.4, -0.2) is 10.9 Å². The fourth-order valence-electron chi connectivity index (χ4n) is 2.18. The van der Waals surface area contributed by atoms with Gasteiger partial charge in [-0.3, -0.25) is 9.78 Å². The Labute approximate surface area is 130 Å². The van der Waals surface area contributed by atoms with Crippen molar-refractivity contribution in [1.29, 1.82) is 0 Å². The highest BCUT2D eigenvalue weighted by molar-refractivity contribution is 9.10. The number of fused-ring (bicyclic) bond motifs is 1. The minimum absolute atomic E-state index is 0.219. The topological polar surface area (TPSA) is 55.1 Å². The molecule has 0 radical (unpaired) electrons. The van der Waals surface area contributed by atoms with Gasteiger partial charge in [-0.25, -0.2) is 0 Å². The van der Waals surface area contributed by atoms with Crippen LogP contribution in [0.4, 0.5) is 0 Å². The van der Waals surface area contributed by atoms with Crippen molar-refractivity contribution in [3.63, 3.8) is 0 Å². The van der Waals surface area contributed by atoms with Crippen LogP contribution in [0.3, 0.4) is 0 Å². The van der Waals surface area contributed by atoms with Gasteiger partial charge in [-0.05, 0) is 36.8 Å². The minimum atomic E-state index is -0.219. The van der Waals surface area contributed by atoms with Gasteiger partial charge in [0, 0.05) is 34.4 Å². The molecule has 5 heteroatoms. The van der Waals surface area contributed by atoms with Crippen LogP contribution in [0, 0.1) is 6.92 Å². The van der Waals surface area contributed by atoms with E-state index in [4.69, 9.17) is 4.42 Å². The molecule has 0 unspecified atom stereocenters. The Kier molecular flexibility index (Phi) is 3.75. The molecule has 1 N–H and O–H groups in total. The molecule has 1 amide bonds. The SMILES string of the molecule is Cc1c(C(=O)NCc2cccnc2)oc2ccc(Br)cc12. The molecule has 4 nitrogen and oxygen atoms in total. The molecule has 3 rings (SSSR count). The van der Waals surface area contributed by atoms with Gasteiger partial charge in [-0.1, -0.05) is 22.0 Å². The zero-order valence-electron chi connectivity index (χ0n) is 11.4. The lowest BCUT2D eigenvalue weighted by atomic mass is 10.1. The molecule has 3 aromatic rings. The Morgan fingerprint density at radius 3 is 3.00 bits per heavy atom. The predicted octanol–water partition coefficient (Wildman–Crippen LogP) is 3.83. The Morgan fingerprint density at radius 2 is 2.24 bits per heavy atom. The molecule has 0 aliphatic carbocycles. The predicted molar refractivity (Wildman–Crippen MR) is 84.1 cm³/mol. The molecule has 2 heterocycles. The number of rotatable bonds is 3. The van der Waals surface area contributed by atoms with Gasteiger partial charge in [0.15, 0.2) is 5.76 Å². The number of nitrogens with zero attached hydrogens (tertiary/aromatic N) is 1. The second kappa shape index (κ2) is 5.69. The first-order valence-electron chi connectivity index (χ1n) is 6.51. The van der Waals surface area contributed by atoms with Crippen molar-refractivity contribution in [2.75, 3.05) is 0 Å². The number of aromatic nitrogens is 1. The number of hydrogen-bond acceptors (Lipinski definition) is 3. The van der Waals surface area contributed by atoms with Crippen LogP contribution in [0.2, 0.25) is 0 Å². The first-order valence-corrected chi connectivity index (χ1v) is 7.30. The maximum atomic E-state index is 12.3. The van der Waals surface area contributed by atoms with E-state index in [9.17, 15) is 4.79 Å². The summed E-state index contributed by atoms with van der Waals surface area (Å²) in [6.07, 6.45) is 3.43. The molecule has 21 heavy (non-hydrogen) atoms. The van der Waals surface area contributed by atoms with E-state index >= 15 is 0 Å². The maximum Gasteiger partial charge on any atom is 0.287 e. The minimum Gasteiger partial charge on any atom is -0.451 e. The van der Waals surface area contributed by atoms with E-state index in [0.29, 0.717) is 17.9 Å². The normalized spacial score (nSPS) is 10.8. The highest BCUT2D eigenvalue weighted by atomic mass is 79.9. The summed E-state index contributed by atoms with van der Waals surface area (Å²) < 4.78 is 6.61. The summed E-state index contributed by atoms with van der Waals surface area (Å²) in [5, 5.41) is 3.79. The third-order valence-corrected chi connectivity index (χ3v) is 3.77. The third-order valence-electron chi connectivity index (χ3n) is 3.28. The third kappa shape index (κ3) is 2.83. The maximum absolute atomic E-state index is 12.3. The van der Waals surface area contributed by atoms with Crippen molar-refractivity contribution in [3.8, 4) is 0 Å². The molecule has 0 spiro atoms. The lowest BCUT2D eigenvalue weighted by Crippen LogP contribution is -2.22. The Balaban J connectivity index is 1.83. The van der Waals surface area contributed by atoms with E-state index in [2.05, 4.69) is 26.2 Å². The average molecular weight is 345 g/mol. The molecular formula is C16H13BrN2O2. The number of halogens is 1. The van der Waals surface area contributed by atoms with Crippen molar-refractivity contribution in [3.05, 3.63) is 64.1 Å². The molecule has 0 aliphatic rings. The van der Waals surface area contributed by atoms with E-state index in [1.807, 2.05) is 37.3 Å². The zero-order chi connectivity index (χ0) is 14.8. The van der Waals surface area contributed by atoms with Crippen molar-refractivity contribution in [2.45, 2.75) is 13.5 Å². The lowest BCUT2D eigenvalue weighted by Gasteiger charge is -2.03. The molecule has 0 saturated heterocycles. The molecule has 0 bridgehead atoms. The number of carbonyl (C=O) groups excluding carboxylic acids is 1. The van der Waals surface area contributed by atoms with Crippen LogP contribution in [0.25, 0.3) is 11.0 Å². The Bertz CT molecular complexity index is 797. The number of nitrogens with one attached hydrogen (secondary N) is 1. The van der Waals surface area contributed by atoms with Gasteiger partial charge in [0.25, 0.3) is 5.91 Å². The molecular weight excluding hydrogens is 332 g/mol. The smallest absolute Gasteiger partial charge is 0.287 e. The van der Waals surface area contributed by atoms with Gasteiger partial charge in [0.1, 0.15) is 5.58 Å². The quantitative estimate of drug-likeness (QED) is 0.785. The van der Waals surface area contributed by atoms with Crippen LogP contribution in [0.1, 0.15) is 21.7 Å². The van der Waals surface area contributed by atoms with E-state index in [0.717, 1.165) is 21.0 Å². The number of benzene rings is 1. The summed E-state index contributed by atoms with van der Waals surface area (Å²) in [6, 6.07) is 9.44. The van der Waals surface area contributed by atoms with Gasteiger partial charge >= 0.3 is 0 Å². The summed E-state index contributed by atoms with van der Waals surface area (Å²) in [5.74, 6) is 0.135. The molecule has 1 aromatic carbocycles. The lowest BCUT2D eigenvalue weighted by molar-refractivity contribution is 0.0924. The van der Waals surface area contributed by atoms with Crippen LogP contribution >= 0.6 is 15.9 Å². The van der Waals surface area contributed by atoms with Gasteiger partial charge in [-0.2, -0.15) is 0 Å². The number of amides is 1. The molecule has 0 aliphatic heterocycles. The fourth-order valence-corrected chi connectivity index (χ4v) is 2.54. The summed E-state index contributed by atoms with van der Waals surface area (Å²) in [4.78, 5) is 16.3. The number of carbonyl (C=O) groups is 1. The van der Waals surface area contributed by atoms with Gasteiger partial charge < -0.3 is 9.73 Å². The van der Waals surface area contributed by atoms with E-state index < -0.39 is 0 Å². The number of pyridine rings is 1. The van der Waals surface area contributed by atoms with Crippen molar-refractivity contribution < 1.29 is 9.21 Å². The summed E-state index contributed by atoms with van der Waals surface area (Å²) in [7, 11) is 0. The van der Waals surface area contributed by atoms with Crippen LogP contribution in [0.15, 0.2) is 51.6 Å². The Morgan fingerprint density at radius 1 is 1.38 bits per heavy atom. The molecule has 2 aromatic heterocycles.